The second-order valence-electron chi connectivity index (χ2n) is 5.51. The third-order valence-electron chi connectivity index (χ3n) is 3.43. The lowest BCUT2D eigenvalue weighted by atomic mass is 9.93. The summed E-state index contributed by atoms with van der Waals surface area (Å²) in [5.41, 5.74) is 5.81. The van der Waals surface area contributed by atoms with E-state index in [9.17, 15) is 9.59 Å². The van der Waals surface area contributed by atoms with Gasteiger partial charge in [-0.25, -0.2) is 0 Å². The Balaban J connectivity index is 2.82. The van der Waals surface area contributed by atoms with Crippen molar-refractivity contribution in [2.24, 2.45) is 11.1 Å². The minimum atomic E-state index is -0.660. The van der Waals surface area contributed by atoms with Gasteiger partial charge < -0.3 is 16.0 Å². The minimum Gasteiger partial charge on any atom is -0.384 e. The third kappa shape index (κ3) is 4.44. The summed E-state index contributed by atoms with van der Waals surface area (Å²) in [5, 5.41) is 3.12. The highest BCUT2D eigenvalue weighted by atomic mass is 16.2. The van der Waals surface area contributed by atoms with Gasteiger partial charge in [-0.1, -0.05) is 0 Å². The lowest BCUT2D eigenvalue weighted by Crippen LogP contribution is -2.37. The van der Waals surface area contributed by atoms with Gasteiger partial charge in [-0.3, -0.25) is 14.6 Å². The van der Waals surface area contributed by atoms with E-state index >= 15 is 0 Å². The molecule has 21 heavy (non-hydrogen) atoms. The van der Waals surface area contributed by atoms with Gasteiger partial charge in [0.1, 0.15) is 5.69 Å². The zero-order valence-electron chi connectivity index (χ0n) is 13.1. The van der Waals surface area contributed by atoms with E-state index in [-0.39, 0.29) is 11.8 Å². The van der Waals surface area contributed by atoms with Crippen LogP contribution in [0.25, 0.3) is 0 Å². The Labute approximate surface area is 125 Å². The van der Waals surface area contributed by atoms with Crippen LogP contribution in [0.15, 0.2) is 18.3 Å². The van der Waals surface area contributed by atoms with Gasteiger partial charge in [0.2, 0.25) is 5.91 Å². The number of primary amides is 1. The van der Waals surface area contributed by atoms with E-state index < -0.39 is 5.41 Å². The standard InChI is InChI=1S/C15H24N4O2/c1-5-19(6-2)13(20)12-9-11(7-8-17-12)18-10-15(3,4)14(16)21/h7-9H,5-6,10H2,1-4H3,(H2,16,21)(H,17,18). The van der Waals surface area contributed by atoms with Crippen LogP contribution in [0, 0.1) is 5.41 Å². The quantitative estimate of drug-likeness (QED) is 0.797. The molecule has 6 nitrogen and oxygen atoms in total. The molecule has 1 rings (SSSR count). The molecule has 0 aliphatic rings. The van der Waals surface area contributed by atoms with Crippen molar-refractivity contribution >= 4 is 17.5 Å². The van der Waals surface area contributed by atoms with Crippen molar-refractivity contribution in [1.82, 2.24) is 9.88 Å². The summed E-state index contributed by atoms with van der Waals surface area (Å²) in [6.45, 7) is 9.08. The molecule has 0 unspecified atom stereocenters. The summed E-state index contributed by atoms with van der Waals surface area (Å²) >= 11 is 0. The molecule has 3 N–H and O–H groups in total. The Morgan fingerprint density at radius 3 is 2.48 bits per heavy atom. The summed E-state index contributed by atoms with van der Waals surface area (Å²) in [6.07, 6.45) is 1.58. The van der Waals surface area contributed by atoms with Crippen molar-refractivity contribution in [3.8, 4) is 0 Å². The van der Waals surface area contributed by atoms with Crippen LogP contribution < -0.4 is 11.1 Å². The van der Waals surface area contributed by atoms with Gasteiger partial charge >= 0.3 is 0 Å². The number of pyridine rings is 1. The fourth-order valence-corrected chi connectivity index (χ4v) is 1.74. The number of hydrogen-bond acceptors (Lipinski definition) is 4. The van der Waals surface area contributed by atoms with Gasteiger partial charge in [0, 0.05) is 31.5 Å². The molecule has 116 valence electrons. The normalized spacial score (nSPS) is 11.0. The number of nitrogens with one attached hydrogen (secondary N) is 1. The van der Waals surface area contributed by atoms with Crippen molar-refractivity contribution < 1.29 is 9.59 Å². The molecule has 0 atom stereocenters. The molecule has 0 aromatic carbocycles. The number of carbonyl (C=O) groups is 2. The molecule has 0 aliphatic carbocycles. The summed E-state index contributed by atoms with van der Waals surface area (Å²) in [5.74, 6) is -0.471. The maximum atomic E-state index is 12.2. The molecule has 2 amide bonds. The van der Waals surface area contributed by atoms with E-state index in [1.165, 1.54) is 0 Å². The Morgan fingerprint density at radius 1 is 1.33 bits per heavy atom. The first-order valence-corrected chi connectivity index (χ1v) is 7.11. The highest BCUT2D eigenvalue weighted by molar-refractivity contribution is 5.93. The average molecular weight is 292 g/mol. The smallest absolute Gasteiger partial charge is 0.272 e. The van der Waals surface area contributed by atoms with E-state index in [0.29, 0.717) is 25.3 Å². The van der Waals surface area contributed by atoms with Crippen LogP contribution in [0.5, 0.6) is 0 Å². The first-order chi connectivity index (χ1) is 9.81. The Kier molecular flexibility index (Phi) is 5.69. The molecule has 1 aromatic rings. The van der Waals surface area contributed by atoms with E-state index in [4.69, 9.17) is 5.73 Å². The number of anilines is 1. The van der Waals surface area contributed by atoms with Gasteiger partial charge in [-0.15, -0.1) is 0 Å². The zero-order valence-corrected chi connectivity index (χ0v) is 13.1. The molecule has 0 radical (unpaired) electrons. The van der Waals surface area contributed by atoms with Crippen LogP contribution in [0.2, 0.25) is 0 Å². The molecular weight excluding hydrogens is 268 g/mol. The fraction of sp³-hybridized carbons (Fsp3) is 0.533. The van der Waals surface area contributed by atoms with Crippen LogP contribution in [0.3, 0.4) is 0 Å². The second-order valence-corrected chi connectivity index (χ2v) is 5.51. The van der Waals surface area contributed by atoms with E-state index in [1.54, 1.807) is 37.1 Å². The van der Waals surface area contributed by atoms with Gasteiger partial charge in [-0.2, -0.15) is 0 Å². The van der Waals surface area contributed by atoms with Crippen molar-refractivity contribution in [1.29, 1.82) is 0 Å². The highest BCUT2D eigenvalue weighted by Crippen LogP contribution is 2.17. The maximum absolute atomic E-state index is 12.2. The molecular formula is C15H24N4O2. The summed E-state index contributed by atoms with van der Waals surface area (Å²) < 4.78 is 0. The predicted octanol–water partition coefficient (Wildman–Crippen LogP) is 1.49. The molecule has 6 heteroatoms. The largest absolute Gasteiger partial charge is 0.384 e. The Hall–Kier alpha value is -2.11. The van der Waals surface area contributed by atoms with Crippen molar-refractivity contribution in [2.45, 2.75) is 27.7 Å². The SMILES string of the molecule is CCN(CC)C(=O)c1cc(NCC(C)(C)C(N)=O)ccn1. The summed E-state index contributed by atoms with van der Waals surface area (Å²) in [6, 6.07) is 3.45. The lowest BCUT2D eigenvalue weighted by Gasteiger charge is -2.22. The van der Waals surface area contributed by atoms with E-state index in [2.05, 4.69) is 10.3 Å². The lowest BCUT2D eigenvalue weighted by molar-refractivity contribution is -0.125. The molecule has 0 bridgehead atoms. The monoisotopic (exact) mass is 292 g/mol. The number of nitrogens with two attached hydrogens (primary N) is 1. The van der Waals surface area contributed by atoms with Crippen molar-refractivity contribution in [3.05, 3.63) is 24.0 Å². The molecule has 0 spiro atoms. The molecule has 0 saturated carbocycles. The highest BCUT2D eigenvalue weighted by Gasteiger charge is 2.24. The zero-order chi connectivity index (χ0) is 16.0. The second kappa shape index (κ2) is 7.06. The van der Waals surface area contributed by atoms with Crippen molar-refractivity contribution in [3.63, 3.8) is 0 Å². The first-order valence-electron chi connectivity index (χ1n) is 7.11. The van der Waals surface area contributed by atoms with E-state index in [0.717, 1.165) is 5.69 Å². The minimum absolute atomic E-state index is 0.0992. The average Bonchev–Trinajstić information content (AvgIpc) is 2.46. The first kappa shape index (κ1) is 16.9. The van der Waals surface area contributed by atoms with Gasteiger partial charge in [0.15, 0.2) is 0 Å². The van der Waals surface area contributed by atoms with Gasteiger partial charge in [0.25, 0.3) is 5.91 Å². The Morgan fingerprint density at radius 2 is 1.95 bits per heavy atom. The predicted molar refractivity (Wildman–Crippen MR) is 83.0 cm³/mol. The number of hydrogen-bond donors (Lipinski definition) is 2. The van der Waals surface area contributed by atoms with Crippen LogP contribution in [-0.2, 0) is 4.79 Å². The van der Waals surface area contributed by atoms with Crippen molar-refractivity contribution in [2.75, 3.05) is 25.0 Å². The Bertz CT molecular complexity index is 510. The number of carbonyl (C=O) groups excluding carboxylic acids is 2. The number of rotatable bonds is 7. The van der Waals surface area contributed by atoms with Crippen LogP contribution in [0.4, 0.5) is 5.69 Å². The van der Waals surface area contributed by atoms with Crippen LogP contribution >= 0.6 is 0 Å². The number of amides is 2. The van der Waals surface area contributed by atoms with E-state index in [1.807, 2.05) is 13.8 Å². The summed E-state index contributed by atoms with van der Waals surface area (Å²) in [7, 11) is 0. The fourth-order valence-electron chi connectivity index (χ4n) is 1.74. The topological polar surface area (TPSA) is 88.3 Å². The number of aromatic nitrogens is 1. The van der Waals surface area contributed by atoms with Gasteiger partial charge in [0.05, 0.1) is 5.41 Å². The van der Waals surface area contributed by atoms with Gasteiger partial charge in [-0.05, 0) is 39.8 Å². The van der Waals surface area contributed by atoms with Crippen LogP contribution in [0.1, 0.15) is 38.2 Å². The molecule has 1 heterocycles. The molecule has 1 aromatic heterocycles. The third-order valence-corrected chi connectivity index (χ3v) is 3.43. The number of nitrogens with zero attached hydrogens (tertiary/aromatic N) is 2. The molecule has 0 saturated heterocycles. The maximum Gasteiger partial charge on any atom is 0.272 e. The van der Waals surface area contributed by atoms with Crippen LogP contribution in [-0.4, -0.2) is 41.3 Å². The molecule has 0 fully saturated rings. The molecule has 0 aliphatic heterocycles. The summed E-state index contributed by atoms with van der Waals surface area (Å²) in [4.78, 5) is 29.3.